The van der Waals surface area contributed by atoms with Gasteiger partial charge in [-0.15, -0.1) is 0 Å². The van der Waals surface area contributed by atoms with Crippen molar-refractivity contribution in [3.8, 4) is 0 Å². The number of nitrogens with zero attached hydrogens (tertiary/aromatic N) is 1. The summed E-state index contributed by atoms with van der Waals surface area (Å²) in [6, 6.07) is 5.74. The fraction of sp³-hybridized carbons (Fsp3) is 0.333. The first kappa shape index (κ1) is 16.9. The van der Waals surface area contributed by atoms with E-state index >= 15 is 0 Å². The minimum atomic E-state index is -0.546. The predicted molar refractivity (Wildman–Crippen MR) is 85.6 cm³/mol. The highest BCUT2D eigenvalue weighted by molar-refractivity contribution is 6.16. The van der Waals surface area contributed by atoms with Gasteiger partial charge in [-0.25, -0.2) is 9.18 Å². The highest BCUT2D eigenvalue weighted by Crippen LogP contribution is 2.32. The summed E-state index contributed by atoms with van der Waals surface area (Å²) in [5.74, 6) is -0.874. The second-order valence-electron chi connectivity index (χ2n) is 5.87. The number of rotatable bonds is 4. The highest BCUT2D eigenvalue weighted by atomic mass is 19.1. The maximum absolute atomic E-state index is 13.0. The number of allylic oxidation sites excluding steroid dienone is 1. The third kappa shape index (κ3) is 3.50. The van der Waals surface area contributed by atoms with Crippen LogP contribution in [0.5, 0.6) is 0 Å². The van der Waals surface area contributed by atoms with Crippen molar-refractivity contribution in [2.75, 3.05) is 13.7 Å². The van der Waals surface area contributed by atoms with Crippen molar-refractivity contribution in [1.29, 1.82) is 0 Å². The van der Waals surface area contributed by atoms with E-state index in [1.54, 1.807) is 30.0 Å². The van der Waals surface area contributed by atoms with Crippen LogP contribution in [0.25, 0.3) is 6.08 Å². The summed E-state index contributed by atoms with van der Waals surface area (Å²) in [6.07, 6.45) is 1.60. The van der Waals surface area contributed by atoms with E-state index in [4.69, 9.17) is 4.74 Å². The molecule has 0 saturated heterocycles. The minimum Gasteiger partial charge on any atom is -0.465 e. The molecule has 0 aromatic heterocycles. The average Bonchev–Trinajstić information content (AvgIpc) is 2.73. The third-order valence-corrected chi connectivity index (χ3v) is 3.63. The largest absolute Gasteiger partial charge is 0.465 e. The quantitative estimate of drug-likeness (QED) is 0.633. The van der Waals surface area contributed by atoms with Crippen LogP contribution in [0, 0.1) is 11.7 Å². The fourth-order valence-electron chi connectivity index (χ4n) is 2.54. The number of benzene rings is 1. The molecule has 0 spiro atoms. The zero-order valence-electron chi connectivity index (χ0n) is 13.7. The maximum Gasteiger partial charge on any atom is 0.340 e. The van der Waals surface area contributed by atoms with E-state index in [1.165, 1.54) is 19.2 Å². The van der Waals surface area contributed by atoms with Gasteiger partial charge in [-0.3, -0.25) is 4.79 Å². The first-order valence-electron chi connectivity index (χ1n) is 7.43. The lowest BCUT2D eigenvalue weighted by atomic mass is 10.0. The Morgan fingerprint density at radius 3 is 2.43 bits per heavy atom. The van der Waals surface area contributed by atoms with Gasteiger partial charge in [0.1, 0.15) is 5.82 Å². The second kappa shape index (κ2) is 6.77. The summed E-state index contributed by atoms with van der Waals surface area (Å²) in [7, 11) is 1.29. The van der Waals surface area contributed by atoms with Gasteiger partial charge >= 0.3 is 5.97 Å². The van der Waals surface area contributed by atoms with Crippen molar-refractivity contribution in [1.82, 2.24) is 4.90 Å². The van der Waals surface area contributed by atoms with Gasteiger partial charge in [-0.05, 0) is 36.6 Å². The summed E-state index contributed by atoms with van der Waals surface area (Å²) < 4.78 is 17.8. The van der Waals surface area contributed by atoms with Gasteiger partial charge in [0.25, 0.3) is 5.91 Å². The van der Waals surface area contributed by atoms with E-state index in [-0.39, 0.29) is 28.8 Å². The van der Waals surface area contributed by atoms with Crippen LogP contribution in [0.1, 0.15) is 26.3 Å². The molecule has 0 unspecified atom stereocenters. The van der Waals surface area contributed by atoms with Crippen LogP contribution in [0.3, 0.4) is 0 Å². The molecule has 0 bridgehead atoms. The molecule has 0 aliphatic carbocycles. The standard InChI is InChI=1S/C18H20FNO3/c1-11(2)10-20-12(3)16(18(22)23-4)15(17(20)21)9-13-5-7-14(19)8-6-13/h5-9,11H,10H2,1-4H3/b15-9-. The van der Waals surface area contributed by atoms with Crippen LogP contribution in [-0.2, 0) is 14.3 Å². The van der Waals surface area contributed by atoms with Gasteiger partial charge in [-0.2, -0.15) is 0 Å². The molecule has 1 aromatic rings. The van der Waals surface area contributed by atoms with E-state index in [0.29, 0.717) is 17.8 Å². The number of carbonyl (C=O) groups excluding carboxylic acids is 2. The molecular weight excluding hydrogens is 297 g/mol. The molecule has 0 N–H and O–H groups in total. The molecule has 2 rings (SSSR count). The van der Waals surface area contributed by atoms with E-state index in [9.17, 15) is 14.0 Å². The van der Waals surface area contributed by atoms with Crippen molar-refractivity contribution in [2.24, 2.45) is 5.92 Å². The van der Waals surface area contributed by atoms with Crippen LogP contribution in [0.2, 0.25) is 0 Å². The lowest BCUT2D eigenvalue weighted by molar-refractivity contribution is -0.136. The summed E-state index contributed by atoms with van der Waals surface area (Å²) >= 11 is 0. The molecule has 23 heavy (non-hydrogen) atoms. The maximum atomic E-state index is 13.0. The number of amides is 1. The molecule has 1 aromatic carbocycles. The summed E-state index contributed by atoms with van der Waals surface area (Å²) in [5.41, 5.74) is 1.78. The topological polar surface area (TPSA) is 46.6 Å². The Bertz CT molecular complexity index is 687. The zero-order valence-corrected chi connectivity index (χ0v) is 13.7. The van der Waals surface area contributed by atoms with Gasteiger partial charge in [0.05, 0.1) is 18.3 Å². The number of esters is 1. The number of hydrogen-bond acceptors (Lipinski definition) is 3. The summed E-state index contributed by atoms with van der Waals surface area (Å²) in [6.45, 7) is 6.25. The Balaban J connectivity index is 2.49. The Morgan fingerprint density at radius 1 is 1.30 bits per heavy atom. The van der Waals surface area contributed by atoms with Crippen LogP contribution < -0.4 is 0 Å². The highest BCUT2D eigenvalue weighted by Gasteiger charge is 2.37. The average molecular weight is 317 g/mol. The van der Waals surface area contributed by atoms with Gasteiger partial charge < -0.3 is 9.64 Å². The van der Waals surface area contributed by atoms with Crippen molar-refractivity contribution in [3.05, 3.63) is 52.5 Å². The lowest BCUT2D eigenvalue weighted by Gasteiger charge is -2.19. The molecule has 0 fully saturated rings. The van der Waals surface area contributed by atoms with Crippen molar-refractivity contribution in [2.45, 2.75) is 20.8 Å². The van der Waals surface area contributed by atoms with Gasteiger partial charge in [0.15, 0.2) is 0 Å². The lowest BCUT2D eigenvalue weighted by Crippen LogP contribution is -2.28. The Hall–Kier alpha value is -2.43. The van der Waals surface area contributed by atoms with E-state index in [1.807, 2.05) is 13.8 Å². The van der Waals surface area contributed by atoms with E-state index < -0.39 is 5.97 Å². The Labute approximate surface area is 135 Å². The van der Waals surface area contributed by atoms with Gasteiger partial charge in [-0.1, -0.05) is 26.0 Å². The first-order chi connectivity index (χ1) is 10.8. The Kier molecular flexibility index (Phi) is 4.98. The van der Waals surface area contributed by atoms with Crippen LogP contribution in [-0.4, -0.2) is 30.4 Å². The molecule has 0 radical (unpaired) electrons. The Morgan fingerprint density at radius 2 is 1.91 bits per heavy atom. The molecule has 4 nitrogen and oxygen atoms in total. The van der Waals surface area contributed by atoms with Crippen LogP contribution >= 0.6 is 0 Å². The SMILES string of the molecule is COC(=O)C1=C(C)N(CC(C)C)C(=O)/C1=C\c1ccc(F)cc1. The molecule has 122 valence electrons. The smallest absolute Gasteiger partial charge is 0.340 e. The number of ether oxygens (including phenoxy) is 1. The number of methoxy groups -OCH3 is 1. The molecule has 0 atom stereocenters. The molecule has 0 saturated carbocycles. The molecule has 1 aliphatic rings. The van der Waals surface area contributed by atoms with Gasteiger partial charge in [0.2, 0.25) is 0 Å². The van der Waals surface area contributed by atoms with Crippen LogP contribution in [0.15, 0.2) is 41.1 Å². The molecule has 5 heteroatoms. The van der Waals surface area contributed by atoms with Crippen molar-refractivity contribution in [3.63, 3.8) is 0 Å². The first-order valence-corrected chi connectivity index (χ1v) is 7.43. The fourth-order valence-corrected chi connectivity index (χ4v) is 2.54. The second-order valence-corrected chi connectivity index (χ2v) is 5.87. The molecule has 1 aliphatic heterocycles. The summed E-state index contributed by atoms with van der Waals surface area (Å²) in [5, 5.41) is 0. The number of hydrogen-bond donors (Lipinski definition) is 0. The molecular formula is C18H20FNO3. The normalized spacial score (nSPS) is 16.7. The van der Waals surface area contributed by atoms with Crippen LogP contribution in [0.4, 0.5) is 4.39 Å². The zero-order chi connectivity index (χ0) is 17.1. The van der Waals surface area contributed by atoms with E-state index in [0.717, 1.165) is 0 Å². The van der Waals surface area contributed by atoms with Crippen molar-refractivity contribution >= 4 is 18.0 Å². The summed E-state index contributed by atoms with van der Waals surface area (Å²) in [4.78, 5) is 26.4. The monoisotopic (exact) mass is 317 g/mol. The number of halogens is 1. The van der Waals surface area contributed by atoms with E-state index in [2.05, 4.69) is 0 Å². The van der Waals surface area contributed by atoms with Crippen molar-refractivity contribution < 1.29 is 18.7 Å². The minimum absolute atomic E-state index is 0.235. The molecule has 1 heterocycles. The molecule has 1 amide bonds. The van der Waals surface area contributed by atoms with Gasteiger partial charge in [0, 0.05) is 12.2 Å². The third-order valence-electron chi connectivity index (χ3n) is 3.63. The predicted octanol–water partition coefficient (Wildman–Crippen LogP) is 3.15. The number of carbonyl (C=O) groups is 2.